The minimum absolute atomic E-state index is 0.724. The van der Waals surface area contributed by atoms with E-state index in [2.05, 4.69) is 110 Å². The molecule has 0 aliphatic carbocycles. The van der Waals surface area contributed by atoms with Crippen molar-refractivity contribution in [2.45, 2.75) is 13.1 Å². The molecule has 0 atom stereocenters. The molecule has 2 nitrogen and oxygen atoms in total. The number of hydrogen-bond acceptors (Lipinski definition) is 2. The molecule has 0 saturated carbocycles. The lowest BCUT2D eigenvalue weighted by Gasteiger charge is -2.28. The summed E-state index contributed by atoms with van der Waals surface area (Å²) in [5.74, 6) is 0. The summed E-state index contributed by atoms with van der Waals surface area (Å²) in [7, 11) is -2.21. The Bertz CT molecular complexity index is 2220. The SMILES string of the molecule is C[Si](C)(c1ccc2ccc3c(C#N)ccc4ccc1c2c43)c1ccc2ccc3c(C#N)ccc4ccc1c2c43. The molecule has 0 amide bonds. The van der Waals surface area contributed by atoms with Crippen molar-refractivity contribution >= 4 is 83.1 Å². The van der Waals surface area contributed by atoms with Gasteiger partial charge < -0.3 is 0 Å². The van der Waals surface area contributed by atoms with Crippen LogP contribution in [0.25, 0.3) is 64.6 Å². The van der Waals surface area contributed by atoms with Crippen molar-refractivity contribution in [3.05, 3.63) is 108 Å². The van der Waals surface area contributed by atoms with E-state index < -0.39 is 8.07 Å². The average molecular weight is 511 g/mol. The van der Waals surface area contributed by atoms with Gasteiger partial charge in [0.25, 0.3) is 0 Å². The normalized spacial score (nSPS) is 12.3. The quantitative estimate of drug-likeness (QED) is 0.174. The first kappa shape index (κ1) is 22.1. The van der Waals surface area contributed by atoms with Gasteiger partial charge in [0.2, 0.25) is 0 Å². The highest BCUT2D eigenvalue weighted by molar-refractivity contribution is 7.03. The molecule has 0 aliphatic heterocycles. The molecule has 3 heteroatoms. The molecule has 39 heavy (non-hydrogen) atoms. The number of nitriles is 2. The number of nitrogens with zero attached hydrogens (tertiary/aromatic N) is 2. The average Bonchev–Trinajstić information content (AvgIpc) is 2.98. The summed E-state index contributed by atoms with van der Waals surface area (Å²) in [6.45, 7) is 4.90. The first-order valence-electron chi connectivity index (χ1n) is 13.2. The van der Waals surface area contributed by atoms with Crippen LogP contribution in [0.15, 0.2) is 97.1 Å². The Hall–Kier alpha value is -4.96. The lowest BCUT2D eigenvalue weighted by molar-refractivity contribution is 1.51. The molecular weight excluding hydrogens is 488 g/mol. The first-order valence-corrected chi connectivity index (χ1v) is 16.2. The van der Waals surface area contributed by atoms with Crippen molar-refractivity contribution in [1.29, 1.82) is 10.5 Å². The van der Waals surface area contributed by atoms with Crippen molar-refractivity contribution in [2.75, 3.05) is 0 Å². The third-order valence-corrected chi connectivity index (χ3v) is 12.5. The molecule has 180 valence electrons. The van der Waals surface area contributed by atoms with Gasteiger partial charge in [0.1, 0.15) is 8.07 Å². The van der Waals surface area contributed by atoms with Crippen LogP contribution < -0.4 is 10.4 Å². The van der Waals surface area contributed by atoms with Gasteiger partial charge >= 0.3 is 0 Å². The van der Waals surface area contributed by atoms with Crippen LogP contribution in [0.5, 0.6) is 0 Å². The molecule has 0 saturated heterocycles. The van der Waals surface area contributed by atoms with Gasteiger partial charge in [-0.3, -0.25) is 0 Å². The zero-order valence-corrected chi connectivity index (χ0v) is 22.6. The van der Waals surface area contributed by atoms with E-state index in [4.69, 9.17) is 0 Å². The van der Waals surface area contributed by atoms with Crippen LogP contribution in [0.4, 0.5) is 0 Å². The Morgan fingerprint density at radius 2 is 0.718 bits per heavy atom. The van der Waals surface area contributed by atoms with Crippen molar-refractivity contribution in [3.8, 4) is 12.1 Å². The van der Waals surface area contributed by atoms with Crippen molar-refractivity contribution in [3.63, 3.8) is 0 Å². The van der Waals surface area contributed by atoms with E-state index >= 15 is 0 Å². The van der Waals surface area contributed by atoms with Gasteiger partial charge in [-0.2, -0.15) is 10.5 Å². The van der Waals surface area contributed by atoms with E-state index in [-0.39, 0.29) is 0 Å². The van der Waals surface area contributed by atoms with Crippen LogP contribution in [0.3, 0.4) is 0 Å². The van der Waals surface area contributed by atoms with Gasteiger partial charge in [-0.05, 0) is 76.4 Å². The maximum Gasteiger partial charge on any atom is 0.113 e. The van der Waals surface area contributed by atoms with Crippen LogP contribution in [-0.2, 0) is 0 Å². The molecule has 8 aromatic rings. The van der Waals surface area contributed by atoms with Gasteiger partial charge in [-0.15, -0.1) is 0 Å². The Balaban J connectivity index is 1.47. The number of rotatable bonds is 2. The molecule has 0 unspecified atom stereocenters. The molecule has 0 aromatic heterocycles. The summed E-state index contributed by atoms with van der Waals surface area (Å²) in [4.78, 5) is 0. The summed E-state index contributed by atoms with van der Waals surface area (Å²) in [5.41, 5.74) is 1.45. The van der Waals surface area contributed by atoms with Crippen molar-refractivity contribution in [2.24, 2.45) is 0 Å². The molecular formula is C36H22N2Si. The molecule has 0 heterocycles. The van der Waals surface area contributed by atoms with Crippen molar-refractivity contribution in [1.82, 2.24) is 0 Å². The fourth-order valence-corrected chi connectivity index (χ4v) is 10.1. The van der Waals surface area contributed by atoms with Crippen molar-refractivity contribution < 1.29 is 0 Å². The third kappa shape index (κ3) is 2.78. The second kappa shape index (κ2) is 7.55. The second-order valence-electron chi connectivity index (χ2n) is 11.1. The highest BCUT2D eigenvalue weighted by atomic mass is 28.3. The Morgan fingerprint density at radius 1 is 0.410 bits per heavy atom. The molecule has 0 spiro atoms. The summed E-state index contributed by atoms with van der Waals surface area (Å²) in [5, 5.41) is 36.7. The van der Waals surface area contributed by atoms with Crippen LogP contribution in [0, 0.1) is 22.7 Å². The van der Waals surface area contributed by atoms with E-state index in [9.17, 15) is 10.5 Å². The second-order valence-corrected chi connectivity index (χ2v) is 15.5. The first-order chi connectivity index (χ1) is 19.0. The minimum atomic E-state index is -2.21. The Kier molecular flexibility index (Phi) is 4.27. The Morgan fingerprint density at radius 3 is 1.10 bits per heavy atom. The molecule has 8 rings (SSSR count). The zero-order valence-electron chi connectivity index (χ0n) is 21.6. The summed E-state index contributed by atoms with van der Waals surface area (Å²) < 4.78 is 0. The van der Waals surface area contributed by atoms with Gasteiger partial charge in [0.05, 0.1) is 23.3 Å². The summed E-state index contributed by atoms with van der Waals surface area (Å²) in [6, 6.07) is 39.5. The summed E-state index contributed by atoms with van der Waals surface area (Å²) in [6.07, 6.45) is 0. The zero-order chi connectivity index (χ0) is 26.5. The molecule has 0 N–H and O–H groups in total. The fraction of sp³-hybridized carbons (Fsp3) is 0.0556. The highest BCUT2D eigenvalue weighted by Crippen LogP contribution is 2.38. The fourth-order valence-electron chi connectivity index (χ4n) is 7.03. The monoisotopic (exact) mass is 510 g/mol. The van der Waals surface area contributed by atoms with E-state index in [1.54, 1.807) is 0 Å². The van der Waals surface area contributed by atoms with Gasteiger partial charge in [-0.25, -0.2) is 0 Å². The van der Waals surface area contributed by atoms with E-state index in [1.165, 1.54) is 64.2 Å². The topological polar surface area (TPSA) is 47.6 Å². The maximum atomic E-state index is 9.79. The number of benzene rings is 8. The number of hydrogen-bond donors (Lipinski definition) is 0. The molecule has 8 aromatic carbocycles. The van der Waals surface area contributed by atoms with Crippen LogP contribution in [0.1, 0.15) is 11.1 Å². The molecule has 0 bridgehead atoms. The molecule has 0 aliphatic rings. The Labute approximate surface area is 226 Å². The molecule has 0 radical (unpaired) electrons. The van der Waals surface area contributed by atoms with E-state index in [1.807, 2.05) is 12.1 Å². The highest BCUT2D eigenvalue weighted by Gasteiger charge is 2.31. The summed E-state index contributed by atoms with van der Waals surface area (Å²) >= 11 is 0. The molecule has 0 fully saturated rings. The van der Waals surface area contributed by atoms with Gasteiger partial charge in [0, 0.05) is 10.8 Å². The predicted octanol–water partition coefficient (Wildman–Crippen LogP) is 8.05. The van der Waals surface area contributed by atoms with Crippen LogP contribution in [-0.4, -0.2) is 8.07 Å². The largest absolute Gasteiger partial charge is 0.192 e. The van der Waals surface area contributed by atoms with Crippen LogP contribution in [0.2, 0.25) is 13.1 Å². The lowest BCUT2D eigenvalue weighted by atomic mass is 9.92. The maximum absolute atomic E-state index is 9.79. The van der Waals surface area contributed by atoms with Gasteiger partial charge in [-0.1, -0.05) is 98.0 Å². The minimum Gasteiger partial charge on any atom is -0.192 e. The predicted molar refractivity (Wildman–Crippen MR) is 166 cm³/mol. The van der Waals surface area contributed by atoms with Crippen LogP contribution >= 0.6 is 0 Å². The van der Waals surface area contributed by atoms with Gasteiger partial charge in [0.15, 0.2) is 0 Å². The smallest absolute Gasteiger partial charge is 0.113 e. The van der Waals surface area contributed by atoms with E-state index in [0.717, 1.165) is 21.9 Å². The van der Waals surface area contributed by atoms with E-state index in [0.29, 0.717) is 0 Å². The standard InChI is InChI=1S/C36H22N2Si/c1-39(2,31-17-11-23-7-13-27-25(19-37)5-3-21-9-15-29(31)35(23)33(21)27)32-18-12-24-8-14-28-26(20-38)6-4-22-10-16-30(32)36(24)34(22)28/h3-18H,1-2H3. The lowest BCUT2D eigenvalue weighted by Crippen LogP contribution is -2.53. The third-order valence-electron chi connectivity index (χ3n) is 8.92.